The van der Waals surface area contributed by atoms with Gasteiger partial charge in [-0.05, 0) is 30.3 Å². The van der Waals surface area contributed by atoms with Crippen molar-refractivity contribution in [3.63, 3.8) is 0 Å². The van der Waals surface area contributed by atoms with Crippen LogP contribution in [0.15, 0.2) is 16.5 Å². The molecule has 0 unspecified atom stereocenters. The molecule has 0 aromatic carbocycles. The Labute approximate surface area is 96.3 Å². The molecule has 1 N–H and O–H groups in total. The standard InChI is InChI=1S/C9H10ClN3OS/c1-2-11-5-8-12-13-9(15-8)6-3-4-7(10)14-6/h3-4,11H,2,5H2,1H3. The maximum Gasteiger partial charge on any atom is 0.194 e. The normalized spacial score (nSPS) is 10.8. The lowest BCUT2D eigenvalue weighted by Crippen LogP contribution is -2.11. The fraction of sp³-hybridized carbons (Fsp3) is 0.333. The first kappa shape index (κ1) is 10.6. The molecular weight excluding hydrogens is 234 g/mol. The second-order valence-electron chi connectivity index (χ2n) is 2.89. The minimum absolute atomic E-state index is 0.369. The quantitative estimate of drug-likeness (QED) is 0.897. The summed E-state index contributed by atoms with van der Waals surface area (Å²) < 4.78 is 5.24. The van der Waals surface area contributed by atoms with Crippen LogP contribution in [0.4, 0.5) is 0 Å². The lowest BCUT2D eigenvalue weighted by atomic mass is 10.5. The Morgan fingerprint density at radius 3 is 3.00 bits per heavy atom. The number of furan rings is 1. The molecule has 0 spiro atoms. The minimum atomic E-state index is 0.369. The molecule has 0 saturated heterocycles. The summed E-state index contributed by atoms with van der Waals surface area (Å²) in [5, 5.41) is 13.3. The van der Waals surface area contributed by atoms with Gasteiger partial charge in [-0.3, -0.25) is 0 Å². The Morgan fingerprint density at radius 2 is 2.33 bits per heavy atom. The number of rotatable bonds is 4. The molecule has 4 nitrogen and oxygen atoms in total. The molecular formula is C9H10ClN3OS. The molecule has 2 aromatic rings. The van der Waals surface area contributed by atoms with E-state index < -0.39 is 0 Å². The van der Waals surface area contributed by atoms with Crippen molar-refractivity contribution in [2.75, 3.05) is 6.54 Å². The Kier molecular flexibility index (Phi) is 3.35. The number of nitrogens with zero attached hydrogens (tertiary/aromatic N) is 2. The van der Waals surface area contributed by atoms with E-state index in [2.05, 4.69) is 15.5 Å². The van der Waals surface area contributed by atoms with Crippen molar-refractivity contribution >= 4 is 22.9 Å². The molecule has 0 aliphatic heterocycles. The predicted octanol–water partition coefficient (Wildman–Crippen LogP) is 2.56. The molecule has 0 atom stereocenters. The lowest BCUT2D eigenvalue weighted by molar-refractivity contribution is 0.583. The van der Waals surface area contributed by atoms with Crippen molar-refractivity contribution in [1.82, 2.24) is 15.5 Å². The molecule has 80 valence electrons. The van der Waals surface area contributed by atoms with Crippen molar-refractivity contribution < 1.29 is 4.42 Å². The molecule has 2 rings (SSSR count). The van der Waals surface area contributed by atoms with Crippen LogP contribution in [0, 0.1) is 0 Å². The second-order valence-corrected chi connectivity index (χ2v) is 4.32. The van der Waals surface area contributed by atoms with Crippen LogP contribution in [0.2, 0.25) is 5.22 Å². The van der Waals surface area contributed by atoms with Crippen LogP contribution in [0.3, 0.4) is 0 Å². The number of hydrogen-bond donors (Lipinski definition) is 1. The number of halogens is 1. The third kappa shape index (κ3) is 2.56. The van der Waals surface area contributed by atoms with Gasteiger partial charge in [0.25, 0.3) is 0 Å². The summed E-state index contributed by atoms with van der Waals surface area (Å²) in [5.41, 5.74) is 0. The topological polar surface area (TPSA) is 51.0 Å². The first-order chi connectivity index (χ1) is 7.29. The molecule has 2 aromatic heterocycles. The molecule has 0 saturated carbocycles. The average Bonchev–Trinajstić information content (AvgIpc) is 2.83. The smallest absolute Gasteiger partial charge is 0.194 e. The van der Waals surface area contributed by atoms with Gasteiger partial charge in [-0.25, -0.2) is 0 Å². The van der Waals surface area contributed by atoms with Gasteiger partial charge in [0.15, 0.2) is 16.0 Å². The summed E-state index contributed by atoms with van der Waals surface area (Å²) >= 11 is 7.18. The van der Waals surface area contributed by atoms with Crippen molar-refractivity contribution in [1.29, 1.82) is 0 Å². The predicted molar refractivity (Wildman–Crippen MR) is 60.0 cm³/mol. The van der Waals surface area contributed by atoms with E-state index in [4.69, 9.17) is 16.0 Å². The average molecular weight is 244 g/mol. The van der Waals surface area contributed by atoms with Gasteiger partial charge in [-0.15, -0.1) is 10.2 Å². The van der Waals surface area contributed by atoms with Crippen molar-refractivity contribution in [3.8, 4) is 10.8 Å². The molecule has 0 aliphatic carbocycles. The summed E-state index contributed by atoms with van der Waals surface area (Å²) in [6.07, 6.45) is 0. The highest BCUT2D eigenvalue weighted by Gasteiger charge is 2.09. The van der Waals surface area contributed by atoms with Gasteiger partial charge in [0.05, 0.1) is 0 Å². The van der Waals surface area contributed by atoms with Gasteiger partial charge in [-0.1, -0.05) is 18.3 Å². The second kappa shape index (κ2) is 4.74. The van der Waals surface area contributed by atoms with E-state index in [1.54, 1.807) is 12.1 Å². The summed E-state index contributed by atoms with van der Waals surface area (Å²) in [5.74, 6) is 0.667. The van der Waals surface area contributed by atoms with Crippen LogP contribution >= 0.6 is 22.9 Å². The molecule has 0 bridgehead atoms. The van der Waals surface area contributed by atoms with Gasteiger partial charge in [0, 0.05) is 6.54 Å². The summed E-state index contributed by atoms with van der Waals surface area (Å²) in [6.45, 7) is 3.71. The fourth-order valence-electron chi connectivity index (χ4n) is 1.09. The number of aromatic nitrogens is 2. The molecule has 0 fully saturated rings. The maximum atomic E-state index is 5.68. The van der Waals surface area contributed by atoms with Gasteiger partial charge in [0.2, 0.25) is 0 Å². The van der Waals surface area contributed by atoms with Crippen LogP contribution in [-0.2, 0) is 6.54 Å². The highest BCUT2D eigenvalue weighted by Crippen LogP contribution is 2.27. The lowest BCUT2D eigenvalue weighted by Gasteiger charge is -1.93. The molecule has 0 radical (unpaired) electrons. The van der Waals surface area contributed by atoms with Crippen molar-refractivity contribution in [2.24, 2.45) is 0 Å². The zero-order valence-electron chi connectivity index (χ0n) is 8.16. The molecule has 2 heterocycles. The van der Waals surface area contributed by atoms with E-state index in [-0.39, 0.29) is 0 Å². The third-order valence-electron chi connectivity index (χ3n) is 1.78. The number of hydrogen-bond acceptors (Lipinski definition) is 5. The first-order valence-corrected chi connectivity index (χ1v) is 5.78. The highest BCUT2D eigenvalue weighted by molar-refractivity contribution is 7.14. The van der Waals surface area contributed by atoms with Crippen LogP contribution in [0.1, 0.15) is 11.9 Å². The summed E-state index contributed by atoms with van der Waals surface area (Å²) in [4.78, 5) is 0. The van der Waals surface area contributed by atoms with Crippen LogP contribution in [-0.4, -0.2) is 16.7 Å². The van der Waals surface area contributed by atoms with E-state index in [0.29, 0.717) is 11.0 Å². The molecule has 6 heteroatoms. The van der Waals surface area contributed by atoms with Gasteiger partial charge in [0.1, 0.15) is 5.01 Å². The zero-order chi connectivity index (χ0) is 10.7. The molecule has 0 amide bonds. The monoisotopic (exact) mass is 243 g/mol. The van der Waals surface area contributed by atoms with E-state index in [0.717, 1.165) is 23.1 Å². The SMILES string of the molecule is CCNCc1nnc(-c2ccc(Cl)o2)s1. The van der Waals surface area contributed by atoms with Gasteiger partial charge in [-0.2, -0.15) is 0 Å². The Hall–Kier alpha value is -0.910. The van der Waals surface area contributed by atoms with Crippen LogP contribution in [0.5, 0.6) is 0 Å². The Morgan fingerprint density at radius 1 is 1.47 bits per heavy atom. The van der Waals surface area contributed by atoms with E-state index in [1.165, 1.54) is 11.3 Å². The van der Waals surface area contributed by atoms with Gasteiger partial charge >= 0.3 is 0 Å². The maximum absolute atomic E-state index is 5.68. The first-order valence-electron chi connectivity index (χ1n) is 4.58. The van der Waals surface area contributed by atoms with E-state index >= 15 is 0 Å². The Bertz CT molecular complexity index is 440. The fourth-order valence-corrected chi connectivity index (χ4v) is 2.00. The zero-order valence-corrected chi connectivity index (χ0v) is 9.73. The molecule has 0 aliphatic rings. The summed E-state index contributed by atoms with van der Waals surface area (Å²) in [7, 11) is 0. The van der Waals surface area contributed by atoms with Crippen LogP contribution < -0.4 is 5.32 Å². The third-order valence-corrected chi connectivity index (χ3v) is 2.92. The van der Waals surface area contributed by atoms with Crippen molar-refractivity contribution in [3.05, 3.63) is 22.4 Å². The Balaban J connectivity index is 2.13. The summed E-state index contributed by atoms with van der Waals surface area (Å²) in [6, 6.07) is 3.49. The van der Waals surface area contributed by atoms with Crippen molar-refractivity contribution in [2.45, 2.75) is 13.5 Å². The van der Waals surface area contributed by atoms with Gasteiger partial charge < -0.3 is 9.73 Å². The van der Waals surface area contributed by atoms with E-state index in [1.807, 2.05) is 6.92 Å². The number of nitrogens with one attached hydrogen (secondary N) is 1. The molecule has 15 heavy (non-hydrogen) atoms. The van der Waals surface area contributed by atoms with E-state index in [9.17, 15) is 0 Å². The highest BCUT2D eigenvalue weighted by atomic mass is 35.5. The van der Waals surface area contributed by atoms with Crippen LogP contribution in [0.25, 0.3) is 10.8 Å². The largest absolute Gasteiger partial charge is 0.442 e. The minimum Gasteiger partial charge on any atom is -0.442 e.